The maximum atomic E-state index is 11.6. The summed E-state index contributed by atoms with van der Waals surface area (Å²) in [6.45, 7) is 11.8. The molecule has 3 nitrogen and oxygen atoms in total. The maximum Gasteiger partial charge on any atom is 0.196 e. The first-order valence-electron chi connectivity index (χ1n) is 6.75. The molecule has 1 heterocycles. The number of rotatable bonds is 2. The van der Waals surface area contributed by atoms with Crippen molar-refractivity contribution in [3.05, 3.63) is 45.9 Å². The van der Waals surface area contributed by atoms with Crippen molar-refractivity contribution in [1.82, 2.24) is 9.97 Å². The summed E-state index contributed by atoms with van der Waals surface area (Å²) in [5.74, 6) is 0.188. The van der Waals surface area contributed by atoms with Crippen molar-refractivity contribution in [2.45, 2.75) is 41.5 Å². The van der Waals surface area contributed by atoms with E-state index in [1.807, 2.05) is 13.0 Å². The summed E-state index contributed by atoms with van der Waals surface area (Å²) in [5.41, 5.74) is 7.67. The average Bonchev–Trinajstić information content (AvgIpc) is 2.36. The lowest BCUT2D eigenvalue weighted by atomic mass is 9.92. The van der Waals surface area contributed by atoms with Gasteiger partial charge in [-0.3, -0.25) is 4.79 Å². The van der Waals surface area contributed by atoms with Gasteiger partial charge in [-0.1, -0.05) is 6.07 Å². The molecule has 1 aromatic heterocycles. The molecule has 2 aromatic rings. The maximum absolute atomic E-state index is 11.6. The van der Waals surface area contributed by atoms with Crippen LogP contribution in [0.2, 0.25) is 0 Å². The van der Waals surface area contributed by atoms with Crippen molar-refractivity contribution in [3.8, 4) is 11.3 Å². The van der Waals surface area contributed by atoms with Crippen LogP contribution in [-0.4, -0.2) is 15.8 Å². The molecule has 0 radical (unpaired) electrons. The molecule has 104 valence electrons. The molecule has 2 rings (SSSR count). The summed E-state index contributed by atoms with van der Waals surface area (Å²) in [6.07, 6.45) is 0. The van der Waals surface area contributed by atoms with E-state index in [1.165, 1.54) is 29.2 Å². The molecule has 0 unspecified atom stereocenters. The van der Waals surface area contributed by atoms with Gasteiger partial charge in [-0.15, -0.1) is 0 Å². The Hall–Kier alpha value is -2.03. The minimum atomic E-state index is -0.102. The van der Waals surface area contributed by atoms with E-state index in [-0.39, 0.29) is 11.6 Å². The summed E-state index contributed by atoms with van der Waals surface area (Å²) in [6, 6.07) is 4.13. The number of carbonyl (C=O) groups is 1. The second-order valence-corrected chi connectivity index (χ2v) is 5.41. The molecule has 0 aliphatic rings. The normalized spacial score (nSPS) is 10.7. The number of hydrogen-bond acceptors (Lipinski definition) is 3. The number of benzene rings is 1. The lowest BCUT2D eigenvalue weighted by molar-refractivity contribution is 0.100. The lowest BCUT2D eigenvalue weighted by Crippen LogP contribution is -2.05. The molecule has 3 heteroatoms. The first-order valence-corrected chi connectivity index (χ1v) is 6.75. The van der Waals surface area contributed by atoms with Crippen LogP contribution in [0.1, 0.15) is 45.5 Å². The highest BCUT2D eigenvalue weighted by molar-refractivity contribution is 5.91. The summed E-state index contributed by atoms with van der Waals surface area (Å²) in [5, 5.41) is 0. The van der Waals surface area contributed by atoms with Crippen molar-refractivity contribution in [1.29, 1.82) is 0 Å². The number of aromatic nitrogens is 2. The second kappa shape index (κ2) is 5.16. The highest BCUT2D eigenvalue weighted by atomic mass is 16.1. The zero-order chi connectivity index (χ0) is 15.0. The molecule has 0 fully saturated rings. The predicted octanol–water partition coefficient (Wildman–Crippen LogP) is 3.89. The van der Waals surface area contributed by atoms with E-state index < -0.39 is 0 Å². The van der Waals surface area contributed by atoms with E-state index in [0.29, 0.717) is 0 Å². The Morgan fingerprint density at radius 1 is 0.900 bits per heavy atom. The molecule has 0 bridgehead atoms. The molecule has 1 aromatic carbocycles. The Kier molecular flexibility index (Phi) is 3.71. The number of ketones is 1. The molecule has 0 amide bonds. The van der Waals surface area contributed by atoms with Crippen LogP contribution >= 0.6 is 0 Å². The summed E-state index contributed by atoms with van der Waals surface area (Å²) in [4.78, 5) is 20.2. The molecule has 0 spiro atoms. The van der Waals surface area contributed by atoms with Crippen LogP contribution < -0.4 is 0 Å². The SMILES string of the molecule is CC(=O)c1nc(C)cc(-c2c(C)c(C)cc(C)c2C)n1. The summed E-state index contributed by atoms with van der Waals surface area (Å²) >= 11 is 0. The first kappa shape index (κ1) is 14.4. The molecule has 20 heavy (non-hydrogen) atoms. The van der Waals surface area contributed by atoms with Crippen LogP contribution in [0.3, 0.4) is 0 Å². The number of aryl methyl sites for hydroxylation is 3. The van der Waals surface area contributed by atoms with Crippen LogP contribution in [0, 0.1) is 34.6 Å². The van der Waals surface area contributed by atoms with Crippen molar-refractivity contribution < 1.29 is 4.79 Å². The van der Waals surface area contributed by atoms with Gasteiger partial charge in [0.25, 0.3) is 0 Å². The fraction of sp³-hybridized carbons (Fsp3) is 0.353. The molecule has 0 aliphatic carbocycles. The Morgan fingerprint density at radius 3 is 1.95 bits per heavy atom. The van der Waals surface area contributed by atoms with Crippen molar-refractivity contribution in [2.24, 2.45) is 0 Å². The second-order valence-electron chi connectivity index (χ2n) is 5.41. The van der Waals surface area contributed by atoms with E-state index in [0.717, 1.165) is 17.0 Å². The van der Waals surface area contributed by atoms with Crippen molar-refractivity contribution in [3.63, 3.8) is 0 Å². The molecular formula is C17H20N2O. The Labute approximate surface area is 120 Å². The minimum Gasteiger partial charge on any atom is -0.291 e. The fourth-order valence-corrected chi connectivity index (χ4v) is 2.46. The smallest absolute Gasteiger partial charge is 0.196 e. The Balaban J connectivity index is 2.78. The van der Waals surface area contributed by atoms with E-state index in [2.05, 4.69) is 43.7 Å². The van der Waals surface area contributed by atoms with Crippen LogP contribution in [0.5, 0.6) is 0 Å². The molecule has 0 aliphatic heterocycles. The van der Waals surface area contributed by atoms with Gasteiger partial charge in [0.1, 0.15) is 0 Å². The third-order valence-electron chi connectivity index (χ3n) is 3.79. The number of hydrogen-bond donors (Lipinski definition) is 0. The van der Waals surface area contributed by atoms with Crippen molar-refractivity contribution >= 4 is 5.78 Å². The zero-order valence-electron chi connectivity index (χ0n) is 13.0. The van der Waals surface area contributed by atoms with Crippen LogP contribution in [0.4, 0.5) is 0 Å². The van der Waals surface area contributed by atoms with Crippen LogP contribution in [-0.2, 0) is 0 Å². The van der Waals surface area contributed by atoms with Gasteiger partial charge in [-0.05, 0) is 62.9 Å². The van der Waals surface area contributed by atoms with Gasteiger partial charge >= 0.3 is 0 Å². The third-order valence-corrected chi connectivity index (χ3v) is 3.79. The van der Waals surface area contributed by atoms with Crippen LogP contribution in [0.15, 0.2) is 12.1 Å². The van der Waals surface area contributed by atoms with Gasteiger partial charge in [-0.2, -0.15) is 0 Å². The van der Waals surface area contributed by atoms with E-state index >= 15 is 0 Å². The number of carbonyl (C=O) groups excluding carboxylic acids is 1. The van der Waals surface area contributed by atoms with E-state index in [4.69, 9.17) is 0 Å². The quantitative estimate of drug-likeness (QED) is 0.776. The van der Waals surface area contributed by atoms with Gasteiger partial charge in [0.05, 0.1) is 5.69 Å². The van der Waals surface area contributed by atoms with Gasteiger partial charge in [0.2, 0.25) is 0 Å². The van der Waals surface area contributed by atoms with E-state index in [9.17, 15) is 4.79 Å². The summed E-state index contributed by atoms with van der Waals surface area (Å²) < 4.78 is 0. The summed E-state index contributed by atoms with van der Waals surface area (Å²) in [7, 11) is 0. The highest BCUT2D eigenvalue weighted by Crippen LogP contribution is 2.30. The third kappa shape index (κ3) is 2.48. The molecular weight excluding hydrogens is 248 g/mol. The Bertz CT molecular complexity index is 676. The molecule has 0 saturated carbocycles. The van der Waals surface area contributed by atoms with Gasteiger partial charge < -0.3 is 0 Å². The van der Waals surface area contributed by atoms with Gasteiger partial charge in [0, 0.05) is 18.2 Å². The topological polar surface area (TPSA) is 42.9 Å². The zero-order valence-corrected chi connectivity index (χ0v) is 13.0. The highest BCUT2D eigenvalue weighted by Gasteiger charge is 2.14. The number of nitrogens with zero attached hydrogens (tertiary/aromatic N) is 2. The lowest BCUT2D eigenvalue weighted by Gasteiger charge is -2.15. The minimum absolute atomic E-state index is 0.102. The molecule has 0 atom stereocenters. The predicted molar refractivity (Wildman–Crippen MR) is 81.2 cm³/mol. The van der Waals surface area contributed by atoms with E-state index in [1.54, 1.807) is 0 Å². The molecule has 0 saturated heterocycles. The molecule has 0 N–H and O–H groups in total. The standard InChI is InChI=1S/C17H20N2O/c1-9-7-10(2)13(5)16(12(9)4)15-8-11(3)18-17(19-15)14(6)20/h7-8H,1-6H3. The monoisotopic (exact) mass is 268 g/mol. The number of Topliss-reactive ketones (excluding diaryl/α,β-unsaturated/α-hetero) is 1. The van der Waals surface area contributed by atoms with Crippen molar-refractivity contribution in [2.75, 3.05) is 0 Å². The van der Waals surface area contributed by atoms with Gasteiger partial charge in [0.15, 0.2) is 11.6 Å². The average molecular weight is 268 g/mol. The van der Waals surface area contributed by atoms with Gasteiger partial charge in [-0.25, -0.2) is 9.97 Å². The van der Waals surface area contributed by atoms with Crippen LogP contribution in [0.25, 0.3) is 11.3 Å². The fourth-order valence-electron chi connectivity index (χ4n) is 2.46. The Morgan fingerprint density at radius 2 is 1.45 bits per heavy atom. The first-order chi connectivity index (χ1) is 9.31. The largest absolute Gasteiger partial charge is 0.291 e.